The number of carbonyl (C=O) groups is 2. The number of piperazine rings is 1. The van der Waals surface area contributed by atoms with Gasteiger partial charge in [-0.2, -0.15) is 0 Å². The van der Waals surface area contributed by atoms with Crippen LogP contribution in [0.5, 0.6) is 0 Å². The van der Waals surface area contributed by atoms with E-state index in [1.54, 1.807) is 0 Å². The van der Waals surface area contributed by atoms with Crippen molar-refractivity contribution in [1.82, 2.24) is 20.4 Å². The minimum Gasteiger partial charge on any atom is -0.370 e. The van der Waals surface area contributed by atoms with Gasteiger partial charge in [-0.15, -0.1) is 0 Å². The fourth-order valence-electron chi connectivity index (χ4n) is 4.09. The van der Waals surface area contributed by atoms with E-state index in [4.69, 9.17) is 34.4 Å². The third kappa shape index (κ3) is 15.3. The summed E-state index contributed by atoms with van der Waals surface area (Å²) in [6, 6.07) is -0.728. The molecule has 208 valence electrons. The number of nitrogens with two attached hydrogens (primary N) is 6. The van der Waals surface area contributed by atoms with E-state index in [0.717, 1.165) is 65.2 Å². The largest absolute Gasteiger partial charge is 0.370 e. The van der Waals surface area contributed by atoms with Crippen LogP contribution in [0.3, 0.4) is 0 Å². The first-order valence-electron chi connectivity index (χ1n) is 12.8. The predicted octanol–water partition coefficient (Wildman–Crippen LogP) is -3.62. The highest BCUT2D eigenvalue weighted by Crippen LogP contribution is 2.04. The van der Waals surface area contributed by atoms with Crippen molar-refractivity contribution in [2.24, 2.45) is 44.4 Å². The van der Waals surface area contributed by atoms with Crippen molar-refractivity contribution < 1.29 is 9.59 Å². The van der Waals surface area contributed by atoms with Crippen molar-refractivity contribution in [3.8, 4) is 0 Å². The molecule has 1 heterocycles. The zero-order valence-electron chi connectivity index (χ0n) is 21.5. The minimum atomic E-state index is -0.364. The number of nitrogens with zero attached hydrogens (tertiary/aromatic N) is 4. The SMILES string of the molecule is NC(=O)C(CCCN=C(N)N)NCCCN1CCN(CCCNC(CCCN=C(N)N)C(N)=O)CC1. The number of guanidine groups is 2. The van der Waals surface area contributed by atoms with Crippen molar-refractivity contribution in [2.75, 3.05) is 65.4 Å². The summed E-state index contributed by atoms with van der Waals surface area (Å²) in [7, 11) is 0. The van der Waals surface area contributed by atoms with Gasteiger partial charge in [0.15, 0.2) is 11.9 Å². The molecule has 1 saturated heterocycles. The van der Waals surface area contributed by atoms with E-state index < -0.39 is 0 Å². The maximum atomic E-state index is 11.6. The molecule has 14 N–H and O–H groups in total. The molecule has 0 aliphatic carbocycles. The Morgan fingerprint density at radius 1 is 0.639 bits per heavy atom. The molecule has 14 heteroatoms. The molecule has 1 aliphatic rings. The summed E-state index contributed by atoms with van der Waals surface area (Å²) in [5.41, 5.74) is 32.2. The van der Waals surface area contributed by atoms with E-state index in [-0.39, 0.29) is 35.8 Å². The van der Waals surface area contributed by atoms with Crippen LogP contribution < -0.4 is 45.0 Å². The molecule has 1 aliphatic heterocycles. The van der Waals surface area contributed by atoms with E-state index in [1.165, 1.54) is 0 Å². The van der Waals surface area contributed by atoms with Crippen LogP contribution in [0.2, 0.25) is 0 Å². The zero-order valence-corrected chi connectivity index (χ0v) is 21.5. The second-order valence-electron chi connectivity index (χ2n) is 9.11. The van der Waals surface area contributed by atoms with Gasteiger partial charge >= 0.3 is 0 Å². The van der Waals surface area contributed by atoms with Gasteiger partial charge in [-0.25, -0.2) is 0 Å². The Balaban J connectivity index is 2.14. The van der Waals surface area contributed by atoms with Crippen molar-refractivity contribution in [2.45, 2.75) is 50.6 Å². The fourth-order valence-corrected chi connectivity index (χ4v) is 4.09. The quantitative estimate of drug-likeness (QED) is 0.0452. The lowest BCUT2D eigenvalue weighted by Crippen LogP contribution is -2.48. The second-order valence-corrected chi connectivity index (χ2v) is 9.11. The molecule has 0 aromatic rings. The van der Waals surface area contributed by atoms with Crippen LogP contribution in [0.4, 0.5) is 0 Å². The molecule has 14 nitrogen and oxygen atoms in total. The van der Waals surface area contributed by atoms with Crippen LogP contribution in [0.1, 0.15) is 38.5 Å². The number of nitrogens with one attached hydrogen (secondary N) is 2. The van der Waals surface area contributed by atoms with Crippen LogP contribution in [0.25, 0.3) is 0 Å². The van der Waals surface area contributed by atoms with E-state index in [9.17, 15) is 9.59 Å². The first kappa shape index (κ1) is 31.4. The number of primary amides is 2. The molecule has 0 spiro atoms. The van der Waals surface area contributed by atoms with Crippen LogP contribution in [0.15, 0.2) is 9.98 Å². The monoisotopic (exact) mass is 512 g/mol. The topological polar surface area (TPSA) is 246 Å². The van der Waals surface area contributed by atoms with E-state index >= 15 is 0 Å². The van der Waals surface area contributed by atoms with Gasteiger partial charge in [-0.3, -0.25) is 19.6 Å². The van der Waals surface area contributed by atoms with Gasteiger partial charge in [-0.05, 0) is 64.7 Å². The third-order valence-corrected chi connectivity index (χ3v) is 6.13. The molecule has 0 bridgehead atoms. The van der Waals surface area contributed by atoms with Gasteiger partial charge in [0, 0.05) is 39.3 Å². The number of aliphatic imine (C=N–C) groups is 2. The highest BCUT2D eigenvalue weighted by atomic mass is 16.1. The van der Waals surface area contributed by atoms with Gasteiger partial charge in [0.05, 0.1) is 12.1 Å². The summed E-state index contributed by atoms with van der Waals surface area (Å²) in [6.07, 6.45) is 4.49. The average Bonchev–Trinajstić information content (AvgIpc) is 2.82. The molecule has 0 aromatic heterocycles. The van der Waals surface area contributed by atoms with E-state index in [1.807, 2.05) is 0 Å². The van der Waals surface area contributed by atoms with Crippen LogP contribution in [-0.4, -0.2) is 111 Å². The first-order valence-corrected chi connectivity index (χ1v) is 12.8. The Morgan fingerprint density at radius 2 is 1.00 bits per heavy atom. The van der Waals surface area contributed by atoms with Gasteiger partial charge < -0.3 is 54.8 Å². The Hall–Kier alpha value is -2.68. The Bertz CT molecular complexity index is 629. The Morgan fingerprint density at radius 3 is 1.31 bits per heavy atom. The number of rotatable bonds is 20. The number of carbonyl (C=O) groups excluding carboxylic acids is 2. The van der Waals surface area contributed by atoms with Crippen LogP contribution in [0, 0.1) is 0 Å². The van der Waals surface area contributed by atoms with Crippen molar-refractivity contribution >= 4 is 23.7 Å². The molecular formula is C22H48N12O2. The molecule has 0 aromatic carbocycles. The van der Waals surface area contributed by atoms with E-state index in [2.05, 4.69) is 30.4 Å². The molecular weight excluding hydrogens is 464 g/mol. The van der Waals surface area contributed by atoms with Crippen LogP contribution >= 0.6 is 0 Å². The summed E-state index contributed by atoms with van der Waals surface area (Å²) in [6.45, 7) is 8.44. The first-order chi connectivity index (χ1) is 17.2. The average molecular weight is 513 g/mol. The lowest BCUT2D eigenvalue weighted by molar-refractivity contribution is -0.121. The molecule has 1 rings (SSSR count). The van der Waals surface area contributed by atoms with Gasteiger partial charge in [0.2, 0.25) is 11.8 Å². The molecule has 1 fully saturated rings. The zero-order chi connectivity index (χ0) is 26.8. The highest BCUT2D eigenvalue weighted by molar-refractivity contribution is 5.80. The maximum Gasteiger partial charge on any atom is 0.234 e. The van der Waals surface area contributed by atoms with Crippen LogP contribution in [-0.2, 0) is 9.59 Å². The molecule has 2 unspecified atom stereocenters. The van der Waals surface area contributed by atoms with Gasteiger partial charge in [0.1, 0.15) is 0 Å². The molecule has 0 radical (unpaired) electrons. The minimum absolute atomic E-state index is 0.0550. The summed E-state index contributed by atoms with van der Waals surface area (Å²) >= 11 is 0. The number of hydrogen-bond acceptors (Lipinski definition) is 8. The summed E-state index contributed by atoms with van der Waals surface area (Å²) in [5.74, 6) is -0.592. The van der Waals surface area contributed by atoms with Crippen molar-refractivity contribution in [3.05, 3.63) is 0 Å². The Labute approximate surface area is 214 Å². The molecule has 36 heavy (non-hydrogen) atoms. The molecule has 2 amide bonds. The number of hydrogen-bond donors (Lipinski definition) is 8. The van der Waals surface area contributed by atoms with Gasteiger partial charge in [0.25, 0.3) is 0 Å². The standard InChI is InChI=1S/C22H48N12O2/c23-19(35)17(5-1-7-31-21(25)26)29-9-3-11-33-13-15-34(16-14-33)12-4-10-30-18(20(24)36)6-2-8-32-22(27)28/h17-18,29-30H,1-16H2,(H2,23,35)(H2,24,36)(H4,25,26,31)(H4,27,28,32). The Kier molecular flexibility index (Phi) is 16.2. The summed E-state index contributed by atoms with van der Waals surface area (Å²) < 4.78 is 0. The number of amides is 2. The van der Waals surface area contributed by atoms with Crippen molar-refractivity contribution in [1.29, 1.82) is 0 Å². The lowest BCUT2D eigenvalue weighted by Gasteiger charge is -2.34. The summed E-state index contributed by atoms with van der Waals surface area (Å²) in [4.78, 5) is 36.0. The maximum absolute atomic E-state index is 11.6. The smallest absolute Gasteiger partial charge is 0.234 e. The molecule has 2 atom stereocenters. The predicted molar refractivity (Wildman–Crippen MR) is 144 cm³/mol. The highest BCUT2D eigenvalue weighted by Gasteiger charge is 2.18. The van der Waals surface area contributed by atoms with Crippen molar-refractivity contribution in [3.63, 3.8) is 0 Å². The molecule has 0 saturated carbocycles. The second kappa shape index (κ2) is 18.6. The normalized spacial score (nSPS) is 16.2. The third-order valence-electron chi connectivity index (χ3n) is 6.13. The fraction of sp³-hybridized carbons (Fsp3) is 0.818. The van der Waals surface area contributed by atoms with E-state index in [0.29, 0.717) is 38.8 Å². The van der Waals surface area contributed by atoms with Gasteiger partial charge in [-0.1, -0.05) is 0 Å². The lowest BCUT2D eigenvalue weighted by atomic mass is 10.1. The summed E-state index contributed by atoms with van der Waals surface area (Å²) in [5, 5.41) is 6.50.